The van der Waals surface area contributed by atoms with E-state index in [4.69, 9.17) is 0 Å². The maximum atomic E-state index is 12.6. The van der Waals surface area contributed by atoms with Crippen molar-refractivity contribution in [2.24, 2.45) is 0 Å². The standard InChI is InChI=1S/C16H18BrNOS/c1-12-7-3-4-8-13(12)15(18-2)11-20(19)16-10-6-5-9-14(16)17/h3-10,15,18H,11H2,1-2H3. The van der Waals surface area contributed by atoms with Gasteiger partial charge in [0.05, 0.1) is 15.7 Å². The zero-order chi connectivity index (χ0) is 14.5. The van der Waals surface area contributed by atoms with Gasteiger partial charge in [-0.2, -0.15) is 0 Å². The summed E-state index contributed by atoms with van der Waals surface area (Å²) in [5.41, 5.74) is 2.42. The molecule has 0 saturated carbocycles. The van der Waals surface area contributed by atoms with Crippen LogP contribution in [-0.2, 0) is 10.8 Å². The first-order valence-corrected chi connectivity index (χ1v) is 8.60. The maximum Gasteiger partial charge on any atom is 0.0560 e. The van der Waals surface area contributed by atoms with Crippen molar-refractivity contribution in [1.29, 1.82) is 0 Å². The maximum absolute atomic E-state index is 12.6. The van der Waals surface area contributed by atoms with Crippen LogP contribution in [0.1, 0.15) is 17.2 Å². The minimum absolute atomic E-state index is 0.0872. The molecule has 0 aromatic heterocycles. The summed E-state index contributed by atoms with van der Waals surface area (Å²) in [6.07, 6.45) is 0. The van der Waals surface area contributed by atoms with Crippen molar-refractivity contribution < 1.29 is 4.21 Å². The molecule has 1 N–H and O–H groups in total. The van der Waals surface area contributed by atoms with E-state index in [1.54, 1.807) is 0 Å². The summed E-state index contributed by atoms with van der Waals surface area (Å²) in [7, 11) is 0.868. The largest absolute Gasteiger partial charge is 0.312 e. The Morgan fingerprint density at radius 1 is 1.15 bits per heavy atom. The molecule has 106 valence electrons. The monoisotopic (exact) mass is 351 g/mol. The van der Waals surface area contributed by atoms with Gasteiger partial charge in [0.2, 0.25) is 0 Å². The SMILES string of the molecule is CNC(CS(=O)c1ccccc1Br)c1ccccc1C. The van der Waals surface area contributed by atoms with Gasteiger partial charge in [-0.25, -0.2) is 0 Å². The van der Waals surface area contributed by atoms with Crippen LogP contribution in [0.4, 0.5) is 0 Å². The molecule has 0 radical (unpaired) electrons. The average Bonchev–Trinajstić information content (AvgIpc) is 2.46. The summed E-state index contributed by atoms with van der Waals surface area (Å²) in [6.45, 7) is 2.08. The van der Waals surface area contributed by atoms with Crippen molar-refractivity contribution in [1.82, 2.24) is 5.32 Å². The van der Waals surface area contributed by atoms with Crippen molar-refractivity contribution in [3.8, 4) is 0 Å². The summed E-state index contributed by atoms with van der Waals surface area (Å²) in [4.78, 5) is 0.848. The van der Waals surface area contributed by atoms with E-state index in [0.717, 1.165) is 9.37 Å². The molecule has 0 saturated heterocycles. The number of hydrogen-bond donors (Lipinski definition) is 1. The van der Waals surface area contributed by atoms with Gasteiger partial charge in [-0.05, 0) is 53.2 Å². The third kappa shape index (κ3) is 3.57. The average molecular weight is 352 g/mol. The van der Waals surface area contributed by atoms with E-state index < -0.39 is 10.8 Å². The van der Waals surface area contributed by atoms with Crippen molar-refractivity contribution in [2.45, 2.75) is 17.9 Å². The lowest BCUT2D eigenvalue weighted by molar-refractivity contribution is 0.633. The summed E-state index contributed by atoms with van der Waals surface area (Å²) >= 11 is 3.47. The van der Waals surface area contributed by atoms with Crippen molar-refractivity contribution in [3.63, 3.8) is 0 Å². The lowest BCUT2D eigenvalue weighted by atomic mass is 10.0. The van der Waals surface area contributed by atoms with Crippen LogP contribution >= 0.6 is 15.9 Å². The molecular weight excluding hydrogens is 334 g/mol. The van der Waals surface area contributed by atoms with E-state index in [2.05, 4.69) is 40.3 Å². The summed E-state index contributed by atoms with van der Waals surface area (Å²) in [5.74, 6) is 0.559. The van der Waals surface area contributed by atoms with E-state index in [0.29, 0.717) is 5.75 Å². The number of rotatable bonds is 5. The molecule has 0 spiro atoms. The predicted molar refractivity (Wildman–Crippen MR) is 88.4 cm³/mol. The van der Waals surface area contributed by atoms with Crippen LogP contribution in [-0.4, -0.2) is 17.0 Å². The fourth-order valence-corrected chi connectivity index (χ4v) is 4.35. The van der Waals surface area contributed by atoms with E-state index in [-0.39, 0.29) is 6.04 Å². The molecule has 2 rings (SSSR count). The minimum Gasteiger partial charge on any atom is -0.312 e. The minimum atomic E-state index is -1.04. The smallest absolute Gasteiger partial charge is 0.0560 e. The molecule has 0 bridgehead atoms. The van der Waals surface area contributed by atoms with E-state index in [1.165, 1.54) is 11.1 Å². The second-order valence-corrected chi connectivity index (χ2v) is 6.96. The lowest BCUT2D eigenvalue weighted by Gasteiger charge is -2.18. The number of aryl methyl sites for hydroxylation is 1. The third-order valence-electron chi connectivity index (χ3n) is 3.31. The molecule has 2 nitrogen and oxygen atoms in total. The number of hydrogen-bond acceptors (Lipinski definition) is 2. The summed E-state index contributed by atoms with van der Waals surface area (Å²) in [6, 6.07) is 16.0. The molecule has 0 fully saturated rings. The fourth-order valence-electron chi connectivity index (χ4n) is 2.18. The van der Waals surface area contributed by atoms with Crippen LogP contribution in [0.5, 0.6) is 0 Å². The van der Waals surface area contributed by atoms with Crippen LogP contribution in [0.15, 0.2) is 57.9 Å². The highest BCUT2D eigenvalue weighted by Crippen LogP contribution is 2.24. The van der Waals surface area contributed by atoms with Crippen LogP contribution in [0, 0.1) is 6.92 Å². The number of benzene rings is 2. The van der Waals surface area contributed by atoms with Gasteiger partial charge in [0.1, 0.15) is 0 Å². The zero-order valence-electron chi connectivity index (χ0n) is 11.6. The summed E-state index contributed by atoms with van der Waals surface area (Å²) in [5, 5.41) is 3.27. The predicted octanol–water partition coefficient (Wildman–Crippen LogP) is 3.83. The summed E-state index contributed by atoms with van der Waals surface area (Å²) < 4.78 is 13.5. The van der Waals surface area contributed by atoms with Crippen LogP contribution in [0.25, 0.3) is 0 Å². The Labute approximate surface area is 131 Å². The first-order chi connectivity index (χ1) is 9.63. The lowest BCUT2D eigenvalue weighted by Crippen LogP contribution is -2.23. The molecule has 0 amide bonds. The van der Waals surface area contributed by atoms with Crippen LogP contribution in [0.2, 0.25) is 0 Å². The highest BCUT2D eigenvalue weighted by molar-refractivity contribution is 9.10. The van der Waals surface area contributed by atoms with Crippen LogP contribution in [0.3, 0.4) is 0 Å². The second-order valence-electron chi connectivity index (χ2n) is 4.64. The van der Waals surface area contributed by atoms with Gasteiger partial charge >= 0.3 is 0 Å². The van der Waals surface area contributed by atoms with Crippen molar-refractivity contribution in [2.75, 3.05) is 12.8 Å². The number of halogens is 1. The Hall–Kier alpha value is -0.970. The first-order valence-electron chi connectivity index (χ1n) is 6.49. The van der Waals surface area contributed by atoms with Gasteiger partial charge in [-0.1, -0.05) is 36.4 Å². The van der Waals surface area contributed by atoms with Gasteiger partial charge in [-0.3, -0.25) is 4.21 Å². The highest BCUT2D eigenvalue weighted by Gasteiger charge is 2.17. The van der Waals surface area contributed by atoms with E-state index >= 15 is 0 Å². The molecule has 0 aliphatic carbocycles. The Morgan fingerprint density at radius 3 is 2.45 bits per heavy atom. The molecule has 4 heteroatoms. The first kappa shape index (κ1) is 15.4. The Bertz CT molecular complexity index is 615. The Balaban J connectivity index is 2.21. The van der Waals surface area contributed by atoms with Gasteiger partial charge in [0.15, 0.2) is 0 Å². The van der Waals surface area contributed by atoms with Crippen molar-refractivity contribution >= 4 is 26.7 Å². The molecule has 0 aliphatic heterocycles. The van der Waals surface area contributed by atoms with Crippen LogP contribution < -0.4 is 5.32 Å². The normalized spacial score (nSPS) is 13.9. The Morgan fingerprint density at radius 2 is 1.80 bits per heavy atom. The molecule has 0 aliphatic rings. The molecule has 2 aromatic carbocycles. The van der Waals surface area contributed by atoms with Gasteiger partial charge < -0.3 is 5.32 Å². The highest BCUT2D eigenvalue weighted by atomic mass is 79.9. The third-order valence-corrected chi connectivity index (χ3v) is 5.75. The number of nitrogens with one attached hydrogen (secondary N) is 1. The molecule has 2 aromatic rings. The van der Waals surface area contributed by atoms with Gasteiger partial charge in [-0.15, -0.1) is 0 Å². The second kappa shape index (κ2) is 7.16. The molecule has 2 atom stereocenters. The topological polar surface area (TPSA) is 29.1 Å². The fraction of sp³-hybridized carbons (Fsp3) is 0.250. The molecular formula is C16H18BrNOS. The van der Waals surface area contributed by atoms with E-state index in [9.17, 15) is 4.21 Å². The zero-order valence-corrected chi connectivity index (χ0v) is 14.0. The quantitative estimate of drug-likeness (QED) is 0.886. The van der Waals surface area contributed by atoms with E-state index in [1.807, 2.05) is 43.4 Å². The Kier molecular flexibility index (Phi) is 5.52. The van der Waals surface area contributed by atoms with Gasteiger partial charge in [0.25, 0.3) is 0 Å². The van der Waals surface area contributed by atoms with Gasteiger partial charge in [0, 0.05) is 16.3 Å². The molecule has 0 heterocycles. The molecule has 2 unspecified atom stereocenters. The molecule has 20 heavy (non-hydrogen) atoms. The van der Waals surface area contributed by atoms with Crippen molar-refractivity contribution in [3.05, 3.63) is 64.1 Å².